The lowest BCUT2D eigenvalue weighted by atomic mass is 10.1. The molecule has 0 fully saturated rings. The van der Waals surface area contributed by atoms with Crippen molar-refractivity contribution in [1.82, 2.24) is 4.57 Å². The van der Waals surface area contributed by atoms with Crippen molar-refractivity contribution in [3.05, 3.63) is 50.1 Å². The minimum atomic E-state index is -0.125. The molecule has 0 saturated heterocycles. The zero-order valence-electron chi connectivity index (χ0n) is 11.1. The number of aryl methyl sites for hydroxylation is 1. The number of ketones is 1. The van der Waals surface area contributed by atoms with Gasteiger partial charge in [0.2, 0.25) is 0 Å². The van der Waals surface area contributed by atoms with Gasteiger partial charge in [0.25, 0.3) is 0 Å². The van der Waals surface area contributed by atoms with Gasteiger partial charge in [0.05, 0.1) is 19.2 Å². The molecule has 1 heterocycles. The maximum Gasteiger partial charge on any atom is 0.307 e. The van der Waals surface area contributed by atoms with Crippen LogP contribution in [0.5, 0.6) is 5.75 Å². The molecule has 100 valence electrons. The van der Waals surface area contributed by atoms with Crippen LogP contribution in [0.4, 0.5) is 0 Å². The van der Waals surface area contributed by atoms with Gasteiger partial charge in [-0.25, -0.2) is 0 Å². The molecule has 0 aliphatic rings. The Morgan fingerprint density at radius 3 is 2.58 bits per heavy atom. The van der Waals surface area contributed by atoms with E-state index >= 15 is 0 Å². The summed E-state index contributed by atoms with van der Waals surface area (Å²) in [6, 6.07) is 7.04. The molecule has 0 N–H and O–H groups in total. The molecule has 1 aromatic heterocycles. The van der Waals surface area contributed by atoms with Crippen LogP contribution in [0, 0.1) is 13.8 Å². The molecule has 0 unspecified atom stereocenters. The van der Waals surface area contributed by atoms with E-state index in [0.29, 0.717) is 11.3 Å². The summed E-state index contributed by atoms with van der Waals surface area (Å²) in [5, 5.41) is 0. The van der Waals surface area contributed by atoms with Crippen molar-refractivity contribution in [2.45, 2.75) is 20.4 Å². The highest BCUT2D eigenvalue weighted by atomic mass is 32.1. The van der Waals surface area contributed by atoms with Crippen molar-refractivity contribution in [3.8, 4) is 5.75 Å². The molecule has 0 aliphatic carbocycles. The van der Waals surface area contributed by atoms with Crippen LogP contribution in [-0.4, -0.2) is 17.5 Å². The van der Waals surface area contributed by atoms with E-state index in [1.165, 1.54) is 23.0 Å². The lowest BCUT2D eigenvalue weighted by Crippen LogP contribution is -2.21. The maximum absolute atomic E-state index is 12.3. The third kappa shape index (κ3) is 2.61. The minimum Gasteiger partial charge on any atom is -0.496 e. The third-order valence-corrected chi connectivity index (χ3v) is 4.08. The molecular weight excluding hydrogens is 262 g/mol. The van der Waals surface area contributed by atoms with Crippen LogP contribution in [0.2, 0.25) is 0 Å². The molecule has 0 radical (unpaired) electrons. The number of Topliss-reactive ketones (excluding diaryl/α,β-unsaturated/α-hetero) is 1. The molecule has 4 nitrogen and oxygen atoms in total. The Morgan fingerprint density at radius 1 is 1.32 bits per heavy atom. The highest BCUT2D eigenvalue weighted by Gasteiger charge is 2.15. The van der Waals surface area contributed by atoms with Crippen LogP contribution in [0.15, 0.2) is 29.1 Å². The number of benzene rings is 1. The largest absolute Gasteiger partial charge is 0.496 e. The fourth-order valence-corrected chi connectivity index (χ4v) is 2.71. The first kappa shape index (κ1) is 13.5. The second-order valence-corrected chi connectivity index (χ2v) is 5.38. The number of aromatic nitrogens is 1. The number of carbonyl (C=O) groups excluding carboxylic acids is 1. The average molecular weight is 277 g/mol. The normalized spacial score (nSPS) is 10.5. The number of hydrogen-bond donors (Lipinski definition) is 0. The average Bonchev–Trinajstić information content (AvgIpc) is 2.65. The van der Waals surface area contributed by atoms with Gasteiger partial charge < -0.3 is 4.74 Å². The number of para-hydroxylation sites is 1. The summed E-state index contributed by atoms with van der Waals surface area (Å²) in [6.45, 7) is 3.78. The zero-order chi connectivity index (χ0) is 14.0. The number of rotatable bonds is 4. The fraction of sp³-hybridized carbons (Fsp3) is 0.286. The highest BCUT2D eigenvalue weighted by Crippen LogP contribution is 2.19. The highest BCUT2D eigenvalue weighted by molar-refractivity contribution is 7.09. The molecule has 0 amide bonds. The number of methoxy groups -OCH3 is 1. The van der Waals surface area contributed by atoms with Gasteiger partial charge in [0.15, 0.2) is 5.78 Å². The molecule has 0 atom stereocenters. The maximum atomic E-state index is 12.3. The Balaban J connectivity index is 2.34. The number of ether oxygens (including phenoxy) is 1. The van der Waals surface area contributed by atoms with Crippen LogP contribution < -0.4 is 9.61 Å². The molecular formula is C14H15NO3S. The number of carbonyl (C=O) groups is 1. The summed E-state index contributed by atoms with van der Waals surface area (Å²) in [7, 11) is 1.53. The van der Waals surface area contributed by atoms with E-state index in [1.807, 2.05) is 19.9 Å². The van der Waals surface area contributed by atoms with Crippen LogP contribution >= 0.6 is 11.3 Å². The van der Waals surface area contributed by atoms with E-state index < -0.39 is 0 Å². The summed E-state index contributed by atoms with van der Waals surface area (Å²) in [4.78, 5) is 24.9. The van der Waals surface area contributed by atoms with Gasteiger partial charge in [-0.2, -0.15) is 0 Å². The Bertz CT molecular complexity index is 670. The zero-order valence-corrected chi connectivity index (χ0v) is 11.9. The fourth-order valence-electron chi connectivity index (χ4n) is 1.87. The van der Waals surface area contributed by atoms with Crippen LogP contribution in [0.25, 0.3) is 0 Å². The van der Waals surface area contributed by atoms with Gasteiger partial charge in [-0.05, 0) is 26.0 Å². The van der Waals surface area contributed by atoms with E-state index in [4.69, 9.17) is 4.74 Å². The van der Waals surface area contributed by atoms with Crippen LogP contribution in [0.1, 0.15) is 20.9 Å². The van der Waals surface area contributed by atoms with Crippen molar-refractivity contribution in [3.63, 3.8) is 0 Å². The molecule has 5 heteroatoms. The molecule has 0 bridgehead atoms. The second kappa shape index (κ2) is 5.40. The lowest BCUT2D eigenvalue weighted by molar-refractivity contribution is 0.0967. The second-order valence-electron chi connectivity index (χ2n) is 4.22. The minimum absolute atomic E-state index is 0.0510. The van der Waals surface area contributed by atoms with Gasteiger partial charge in [-0.3, -0.25) is 14.2 Å². The van der Waals surface area contributed by atoms with Gasteiger partial charge in [-0.15, -0.1) is 0 Å². The first-order valence-electron chi connectivity index (χ1n) is 5.87. The topological polar surface area (TPSA) is 48.3 Å². The predicted octanol–water partition coefficient (Wildman–Crippen LogP) is 2.42. The van der Waals surface area contributed by atoms with Crippen LogP contribution in [-0.2, 0) is 6.54 Å². The molecule has 0 aliphatic heterocycles. The molecule has 1 aromatic carbocycles. The van der Waals surface area contributed by atoms with E-state index in [9.17, 15) is 9.59 Å². The molecule has 19 heavy (non-hydrogen) atoms. The Kier molecular flexibility index (Phi) is 3.85. The molecule has 0 saturated carbocycles. The third-order valence-electron chi connectivity index (χ3n) is 3.08. The lowest BCUT2D eigenvalue weighted by Gasteiger charge is -2.08. The van der Waals surface area contributed by atoms with Crippen molar-refractivity contribution in [1.29, 1.82) is 0 Å². The molecule has 2 aromatic rings. The predicted molar refractivity (Wildman–Crippen MR) is 75.4 cm³/mol. The first-order valence-corrected chi connectivity index (χ1v) is 6.69. The SMILES string of the molecule is COc1ccccc1C(=O)Cn1c(C)c(C)sc1=O. The number of nitrogens with zero attached hydrogens (tertiary/aromatic N) is 1. The van der Waals surface area contributed by atoms with E-state index in [0.717, 1.165) is 10.6 Å². The molecule has 2 rings (SSSR count). The van der Waals surface area contributed by atoms with Gasteiger partial charge in [0, 0.05) is 10.6 Å². The Hall–Kier alpha value is -1.88. The summed E-state index contributed by atoms with van der Waals surface area (Å²) in [5.41, 5.74) is 1.35. The number of thiazole rings is 1. The van der Waals surface area contributed by atoms with Crippen molar-refractivity contribution < 1.29 is 9.53 Å². The molecule has 0 spiro atoms. The Labute approximate surface area is 115 Å². The Morgan fingerprint density at radius 2 is 2.00 bits per heavy atom. The van der Waals surface area contributed by atoms with Crippen LogP contribution in [0.3, 0.4) is 0 Å². The summed E-state index contributed by atoms with van der Waals surface area (Å²) < 4.78 is 6.67. The van der Waals surface area contributed by atoms with Gasteiger partial charge >= 0.3 is 4.87 Å². The first-order chi connectivity index (χ1) is 9.04. The summed E-state index contributed by atoms with van der Waals surface area (Å²) >= 11 is 1.17. The smallest absolute Gasteiger partial charge is 0.307 e. The quantitative estimate of drug-likeness (QED) is 0.806. The summed E-state index contributed by atoms with van der Waals surface area (Å²) in [6.07, 6.45) is 0. The number of hydrogen-bond acceptors (Lipinski definition) is 4. The van der Waals surface area contributed by atoms with Crippen molar-refractivity contribution in [2.75, 3.05) is 7.11 Å². The standard InChI is InChI=1S/C14H15NO3S/c1-9-10(2)19-14(17)15(9)8-12(16)11-6-4-5-7-13(11)18-3/h4-7H,8H2,1-3H3. The monoisotopic (exact) mass is 277 g/mol. The van der Waals surface area contributed by atoms with Crippen molar-refractivity contribution in [2.24, 2.45) is 0 Å². The summed E-state index contributed by atoms with van der Waals surface area (Å²) in [5.74, 6) is 0.408. The van der Waals surface area contributed by atoms with E-state index in [2.05, 4.69) is 0 Å². The van der Waals surface area contributed by atoms with E-state index in [-0.39, 0.29) is 17.2 Å². The van der Waals surface area contributed by atoms with E-state index in [1.54, 1.807) is 18.2 Å². The van der Waals surface area contributed by atoms with Crippen molar-refractivity contribution >= 4 is 17.1 Å². The van der Waals surface area contributed by atoms with Gasteiger partial charge in [0.1, 0.15) is 5.75 Å². The van der Waals surface area contributed by atoms with Gasteiger partial charge in [-0.1, -0.05) is 23.5 Å².